The molecule has 1 atom stereocenters. The average Bonchev–Trinajstić information content (AvgIpc) is 3.16. The third-order valence-corrected chi connectivity index (χ3v) is 6.66. The number of hydrogen-bond acceptors (Lipinski definition) is 7. The Hall–Kier alpha value is -3.71. The number of benzene rings is 1. The van der Waals surface area contributed by atoms with Crippen LogP contribution < -0.4 is 9.64 Å². The number of amides is 1. The van der Waals surface area contributed by atoms with E-state index >= 15 is 0 Å². The van der Waals surface area contributed by atoms with E-state index in [-0.39, 0.29) is 37.3 Å². The molecule has 4 heterocycles. The number of carbonyl (C=O) groups is 1. The molecule has 0 aliphatic carbocycles. The van der Waals surface area contributed by atoms with Crippen molar-refractivity contribution in [3.63, 3.8) is 0 Å². The number of alkyl halides is 3. The van der Waals surface area contributed by atoms with E-state index in [1.807, 2.05) is 4.90 Å². The molecule has 2 aliphatic rings. The molecule has 1 aromatic carbocycles. The van der Waals surface area contributed by atoms with E-state index in [0.29, 0.717) is 35.5 Å². The zero-order valence-corrected chi connectivity index (χ0v) is 19.4. The highest BCUT2D eigenvalue weighted by molar-refractivity contribution is 5.95. The van der Waals surface area contributed by atoms with Crippen LogP contribution in [0.4, 0.5) is 23.2 Å². The summed E-state index contributed by atoms with van der Waals surface area (Å²) in [4.78, 5) is 19.7. The fourth-order valence-corrected chi connectivity index (χ4v) is 4.66. The second-order valence-corrected chi connectivity index (χ2v) is 9.09. The Bertz CT molecular complexity index is 1330. The van der Waals surface area contributed by atoms with Crippen LogP contribution in [0.1, 0.15) is 11.6 Å². The summed E-state index contributed by atoms with van der Waals surface area (Å²) in [6, 6.07) is 6.99. The molecule has 0 saturated carbocycles. The van der Waals surface area contributed by atoms with E-state index in [2.05, 4.69) is 16.3 Å². The second kappa shape index (κ2) is 9.30. The van der Waals surface area contributed by atoms with Gasteiger partial charge in [0.25, 0.3) is 5.91 Å². The predicted octanol–water partition coefficient (Wildman–Crippen LogP) is 2.52. The highest BCUT2D eigenvalue weighted by Crippen LogP contribution is 2.40. The highest BCUT2D eigenvalue weighted by Gasteiger charge is 2.39. The van der Waals surface area contributed by atoms with Gasteiger partial charge in [-0.25, -0.2) is 14.1 Å². The van der Waals surface area contributed by atoms with Crippen molar-refractivity contribution in [1.29, 1.82) is 0 Å². The molecule has 1 unspecified atom stereocenters. The number of nitrogens with zero attached hydrogens (tertiary/aromatic N) is 5. The Balaban J connectivity index is 1.52. The lowest BCUT2D eigenvalue weighted by Gasteiger charge is -2.43. The van der Waals surface area contributed by atoms with Crippen molar-refractivity contribution in [2.75, 3.05) is 37.7 Å². The molecule has 2 saturated heterocycles. The zero-order chi connectivity index (χ0) is 26.5. The molecule has 1 amide bonds. The van der Waals surface area contributed by atoms with Crippen LogP contribution in [0.3, 0.4) is 0 Å². The van der Waals surface area contributed by atoms with Crippen LogP contribution in [0, 0.1) is 5.92 Å². The normalized spacial score (nSPS) is 17.5. The summed E-state index contributed by atoms with van der Waals surface area (Å²) in [5.41, 5.74) is 2.28. The monoisotopic (exact) mass is 521 g/mol. The predicted molar refractivity (Wildman–Crippen MR) is 124 cm³/mol. The van der Waals surface area contributed by atoms with Gasteiger partial charge in [0.2, 0.25) is 0 Å². The Labute approximate surface area is 208 Å². The number of anilines is 1. The van der Waals surface area contributed by atoms with Gasteiger partial charge < -0.3 is 24.7 Å². The molecule has 2 fully saturated rings. The quantitative estimate of drug-likeness (QED) is 0.364. The lowest BCUT2D eigenvalue weighted by atomic mass is 9.91. The number of hydrogen-bond donors (Lipinski definition) is 2. The third-order valence-electron chi connectivity index (χ3n) is 6.66. The van der Waals surface area contributed by atoms with Gasteiger partial charge in [-0.2, -0.15) is 5.10 Å². The summed E-state index contributed by atoms with van der Waals surface area (Å²) >= 11 is 0. The van der Waals surface area contributed by atoms with Gasteiger partial charge in [0.05, 0.1) is 35.2 Å². The maximum atomic E-state index is 13.3. The van der Waals surface area contributed by atoms with Crippen molar-refractivity contribution >= 4 is 22.6 Å². The van der Waals surface area contributed by atoms with Crippen LogP contribution in [0.25, 0.3) is 16.7 Å². The van der Waals surface area contributed by atoms with E-state index in [4.69, 9.17) is 5.10 Å². The van der Waals surface area contributed by atoms with Crippen molar-refractivity contribution < 1.29 is 37.3 Å². The maximum Gasteiger partial charge on any atom is 0.573 e. The smallest absolute Gasteiger partial charge is 0.406 e. The topological polar surface area (TPSA) is 104 Å². The van der Waals surface area contributed by atoms with Gasteiger partial charge in [0.15, 0.2) is 11.5 Å². The number of aliphatic hydroxyl groups excluding tert-OH is 2. The van der Waals surface area contributed by atoms with Gasteiger partial charge in [-0.05, 0) is 30.3 Å². The number of aromatic nitrogens is 3. The van der Waals surface area contributed by atoms with Crippen LogP contribution in [-0.4, -0.2) is 81.0 Å². The summed E-state index contributed by atoms with van der Waals surface area (Å²) in [5, 5.41) is 24.6. The van der Waals surface area contributed by atoms with Gasteiger partial charge in [0, 0.05) is 44.2 Å². The molecule has 5 rings (SSSR count). The van der Waals surface area contributed by atoms with Crippen LogP contribution in [-0.2, 0) is 4.79 Å². The molecule has 196 valence electrons. The Morgan fingerprint density at radius 3 is 2.43 bits per heavy atom. The zero-order valence-electron chi connectivity index (χ0n) is 19.4. The first-order chi connectivity index (χ1) is 17.6. The number of halogens is 4. The number of rotatable bonds is 7. The largest absolute Gasteiger partial charge is 0.573 e. The summed E-state index contributed by atoms with van der Waals surface area (Å²) in [6.45, 7) is 4.12. The van der Waals surface area contributed by atoms with Gasteiger partial charge in [-0.15, -0.1) is 13.2 Å². The fourth-order valence-electron chi connectivity index (χ4n) is 4.66. The van der Waals surface area contributed by atoms with Crippen molar-refractivity contribution in [3.8, 4) is 11.4 Å². The molecule has 0 bridgehead atoms. The van der Waals surface area contributed by atoms with Gasteiger partial charge >= 0.3 is 6.36 Å². The van der Waals surface area contributed by atoms with Crippen LogP contribution in [0.15, 0.2) is 48.9 Å². The molecular formula is C24H23F4N5O4. The molecule has 3 aromatic rings. The number of pyridine rings is 1. The van der Waals surface area contributed by atoms with Crippen molar-refractivity contribution in [2.24, 2.45) is 5.92 Å². The van der Waals surface area contributed by atoms with E-state index in [0.717, 1.165) is 5.69 Å². The molecular weight excluding hydrogens is 498 g/mol. The van der Waals surface area contributed by atoms with Gasteiger partial charge in [0.1, 0.15) is 5.75 Å². The number of ether oxygens (including phenoxy) is 1. The summed E-state index contributed by atoms with van der Waals surface area (Å²) in [6.07, 6.45) is -4.07. The third kappa shape index (κ3) is 4.71. The molecule has 2 aromatic heterocycles. The number of aliphatic hydroxyl groups is 2. The van der Waals surface area contributed by atoms with E-state index in [1.54, 1.807) is 12.3 Å². The summed E-state index contributed by atoms with van der Waals surface area (Å²) in [7, 11) is 0. The first-order valence-corrected chi connectivity index (χ1v) is 11.5. The number of carbonyl (C=O) groups excluding carboxylic acids is 1. The molecule has 0 spiro atoms. The van der Waals surface area contributed by atoms with Crippen LogP contribution in [0.5, 0.6) is 5.75 Å². The molecule has 2 N–H and O–H groups in total. The van der Waals surface area contributed by atoms with Crippen LogP contribution >= 0.6 is 0 Å². The number of likely N-dealkylation sites (tertiary alicyclic amines) is 1. The summed E-state index contributed by atoms with van der Waals surface area (Å²) in [5.74, 6) is -2.56. The van der Waals surface area contributed by atoms with Crippen molar-refractivity contribution in [3.05, 3.63) is 54.6 Å². The van der Waals surface area contributed by atoms with Crippen molar-refractivity contribution in [1.82, 2.24) is 19.7 Å². The molecule has 2 aliphatic heterocycles. The first kappa shape index (κ1) is 25.0. The maximum absolute atomic E-state index is 13.3. The Kier molecular flexibility index (Phi) is 6.28. The molecule has 9 nitrogen and oxygen atoms in total. The molecule has 13 heteroatoms. The highest BCUT2D eigenvalue weighted by atomic mass is 19.4. The Morgan fingerprint density at radius 2 is 1.84 bits per heavy atom. The minimum Gasteiger partial charge on any atom is -0.406 e. The molecule has 37 heavy (non-hydrogen) atoms. The number of fused-ring (bicyclic) bond motifs is 1. The van der Waals surface area contributed by atoms with Crippen molar-refractivity contribution in [2.45, 2.75) is 18.4 Å². The minimum atomic E-state index is -4.82. The second-order valence-electron chi connectivity index (χ2n) is 9.09. The Morgan fingerprint density at radius 1 is 1.16 bits per heavy atom. The SMILES string of the molecule is C=C(F)C(=O)N1CC(c2nn(-c3ccc(OC(F)(F)F)cc3)c3nccc(N4CC(C(O)CO)C4)c23)C1. The van der Waals surface area contributed by atoms with E-state index in [9.17, 15) is 32.6 Å². The molecule has 0 radical (unpaired) electrons. The van der Waals surface area contributed by atoms with E-state index in [1.165, 1.54) is 33.8 Å². The lowest BCUT2D eigenvalue weighted by molar-refractivity contribution is -0.274. The van der Waals surface area contributed by atoms with Crippen LogP contribution in [0.2, 0.25) is 0 Å². The fraction of sp³-hybridized carbons (Fsp3) is 0.375. The standard InChI is InChI=1S/C24H23F4N5O4/c1-13(25)23(36)32-10-15(11-32)21-20-18(31-8-14(9-31)19(35)12-34)6-7-29-22(20)33(30-21)16-2-4-17(5-3-16)37-24(26,27)28/h2-7,14-15,19,34-35H,1,8-12H2. The minimum absolute atomic E-state index is 0.111. The average molecular weight is 521 g/mol. The van der Waals surface area contributed by atoms with Gasteiger partial charge in [-0.3, -0.25) is 4.79 Å². The summed E-state index contributed by atoms with van der Waals surface area (Å²) < 4.78 is 56.5. The van der Waals surface area contributed by atoms with Gasteiger partial charge in [-0.1, -0.05) is 6.58 Å². The lowest BCUT2D eigenvalue weighted by Crippen LogP contribution is -2.53. The van der Waals surface area contributed by atoms with E-state index < -0.39 is 24.2 Å². The first-order valence-electron chi connectivity index (χ1n) is 11.5.